The van der Waals surface area contributed by atoms with E-state index in [1.54, 1.807) is 30.3 Å². The molecule has 0 saturated heterocycles. The first kappa shape index (κ1) is 20.3. The maximum Gasteiger partial charge on any atom is 0.416 e. The standard InChI is InChI=1S/C21H19F3O3/c1-14(2)27-19-8-4-3-6-18(19)17(7-5-9-20(25)26)15-10-12-16(13-11-15)21(22,23)24/h3-14H,1-2H3,(H,25,26)/b9-5+,17-7-. The molecule has 0 spiro atoms. The lowest BCUT2D eigenvalue weighted by atomic mass is 9.95. The maximum absolute atomic E-state index is 12.8. The second-order valence-electron chi connectivity index (χ2n) is 6.02. The molecule has 0 aliphatic rings. The Morgan fingerprint density at radius 3 is 2.26 bits per heavy atom. The molecule has 0 aliphatic heterocycles. The van der Waals surface area contributed by atoms with Crippen LogP contribution in [0.3, 0.4) is 0 Å². The molecule has 0 saturated carbocycles. The summed E-state index contributed by atoms with van der Waals surface area (Å²) in [5, 5.41) is 8.80. The van der Waals surface area contributed by atoms with E-state index in [4.69, 9.17) is 9.84 Å². The number of benzene rings is 2. The molecule has 0 aromatic heterocycles. The number of ether oxygens (including phenoxy) is 1. The fourth-order valence-corrected chi connectivity index (χ4v) is 2.45. The molecule has 0 atom stereocenters. The summed E-state index contributed by atoms with van der Waals surface area (Å²) in [4.78, 5) is 10.8. The highest BCUT2D eigenvalue weighted by atomic mass is 19.4. The Labute approximate surface area is 155 Å². The number of allylic oxidation sites excluding steroid dienone is 2. The van der Waals surface area contributed by atoms with Crippen molar-refractivity contribution in [2.24, 2.45) is 0 Å². The number of para-hydroxylation sites is 1. The van der Waals surface area contributed by atoms with Crippen LogP contribution in [0.25, 0.3) is 5.57 Å². The quantitative estimate of drug-likeness (QED) is 0.530. The summed E-state index contributed by atoms with van der Waals surface area (Å²) in [7, 11) is 0. The Hall–Kier alpha value is -3.02. The van der Waals surface area contributed by atoms with Crippen molar-refractivity contribution >= 4 is 11.5 Å². The number of halogens is 3. The molecule has 0 fully saturated rings. The molecule has 0 bridgehead atoms. The van der Waals surface area contributed by atoms with Gasteiger partial charge < -0.3 is 9.84 Å². The van der Waals surface area contributed by atoms with Gasteiger partial charge in [-0.05, 0) is 43.2 Å². The number of rotatable bonds is 6. The van der Waals surface area contributed by atoms with Crippen LogP contribution in [0.2, 0.25) is 0 Å². The van der Waals surface area contributed by atoms with Crippen LogP contribution in [0.15, 0.2) is 66.8 Å². The van der Waals surface area contributed by atoms with Gasteiger partial charge >= 0.3 is 12.1 Å². The molecule has 0 unspecified atom stereocenters. The van der Waals surface area contributed by atoms with Gasteiger partial charge in [-0.2, -0.15) is 13.2 Å². The lowest BCUT2D eigenvalue weighted by molar-refractivity contribution is -0.137. The molecule has 0 heterocycles. The number of carboxylic acid groups (broad SMARTS) is 1. The summed E-state index contributed by atoms with van der Waals surface area (Å²) in [5.74, 6) is -0.563. The van der Waals surface area contributed by atoms with Crippen LogP contribution in [0.4, 0.5) is 13.2 Å². The van der Waals surface area contributed by atoms with Crippen LogP contribution >= 0.6 is 0 Å². The van der Waals surface area contributed by atoms with Gasteiger partial charge in [0.1, 0.15) is 5.75 Å². The van der Waals surface area contributed by atoms with Gasteiger partial charge in [-0.15, -0.1) is 0 Å². The number of alkyl halides is 3. The highest BCUT2D eigenvalue weighted by Gasteiger charge is 2.30. The molecule has 0 radical (unpaired) electrons. The molecule has 3 nitrogen and oxygen atoms in total. The van der Waals surface area contributed by atoms with Gasteiger partial charge in [0.05, 0.1) is 11.7 Å². The van der Waals surface area contributed by atoms with E-state index >= 15 is 0 Å². The summed E-state index contributed by atoms with van der Waals surface area (Å²) in [6.07, 6.45) is -0.698. The molecule has 6 heteroatoms. The van der Waals surface area contributed by atoms with Crippen molar-refractivity contribution < 1.29 is 27.8 Å². The van der Waals surface area contributed by atoms with Gasteiger partial charge in [-0.1, -0.05) is 42.5 Å². The molecule has 0 amide bonds. The highest BCUT2D eigenvalue weighted by molar-refractivity contribution is 5.85. The van der Waals surface area contributed by atoms with Gasteiger partial charge in [0.25, 0.3) is 0 Å². The molecule has 0 aliphatic carbocycles. The Balaban J connectivity index is 2.55. The van der Waals surface area contributed by atoms with Crippen molar-refractivity contribution in [2.45, 2.75) is 26.1 Å². The minimum Gasteiger partial charge on any atom is -0.490 e. The minimum absolute atomic E-state index is 0.102. The largest absolute Gasteiger partial charge is 0.490 e. The van der Waals surface area contributed by atoms with E-state index in [1.807, 2.05) is 13.8 Å². The van der Waals surface area contributed by atoms with E-state index in [0.717, 1.165) is 18.2 Å². The Morgan fingerprint density at radius 2 is 1.70 bits per heavy atom. The maximum atomic E-state index is 12.8. The molecule has 27 heavy (non-hydrogen) atoms. The van der Waals surface area contributed by atoms with E-state index in [9.17, 15) is 18.0 Å². The topological polar surface area (TPSA) is 46.5 Å². The molecule has 2 rings (SSSR count). The van der Waals surface area contributed by atoms with Gasteiger partial charge in [0.15, 0.2) is 0 Å². The lowest BCUT2D eigenvalue weighted by Crippen LogP contribution is -2.08. The van der Waals surface area contributed by atoms with Crippen molar-refractivity contribution in [3.05, 3.63) is 83.4 Å². The van der Waals surface area contributed by atoms with Gasteiger partial charge in [-0.25, -0.2) is 4.79 Å². The fourth-order valence-electron chi connectivity index (χ4n) is 2.45. The van der Waals surface area contributed by atoms with Gasteiger partial charge in [0.2, 0.25) is 0 Å². The predicted molar refractivity (Wildman–Crippen MR) is 97.5 cm³/mol. The third-order valence-electron chi connectivity index (χ3n) is 3.56. The number of hydrogen-bond acceptors (Lipinski definition) is 2. The van der Waals surface area contributed by atoms with Crippen LogP contribution in [0.5, 0.6) is 5.75 Å². The molecular formula is C21H19F3O3. The first-order valence-corrected chi connectivity index (χ1v) is 8.23. The first-order chi connectivity index (χ1) is 12.7. The highest BCUT2D eigenvalue weighted by Crippen LogP contribution is 2.34. The Kier molecular flexibility index (Phi) is 6.45. The summed E-state index contributed by atoms with van der Waals surface area (Å²) in [6, 6.07) is 11.8. The van der Waals surface area contributed by atoms with E-state index < -0.39 is 17.7 Å². The van der Waals surface area contributed by atoms with Crippen molar-refractivity contribution in [2.75, 3.05) is 0 Å². The predicted octanol–water partition coefficient (Wildman–Crippen LogP) is 5.57. The number of carboxylic acids is 1. The molecular weight excluding hydrogens is 357 g/mol. The first-order valence-electron chi connectivity index (χ1n) is 8.23. The van der Waals surface area contributed by atoms with Crippen molar-refractivity contribution in [1.29, 1.82) is 0 Å². The van der Waals surface area contributed by atoms with Gasteiger partial charge in [-0.3, -0.25) is 0 Å². The number of aliphatic carboxylic acids is 1. The second-order valence-corrected chi connectivity index (χ2v) is 6.02. The van der Waals surface area contributed by atoms with E-state index in [1.165, 1.54) is 18.2 Å². The second kappa shape index (κ2) is 8.58. The lowest BCUT2D eigenvalue weighted by Gasteiger charge is -2.17. The zero-order chi connectivity index (χ0) is 20.0. The van der Waals surface area contributed by atoms with E-state index in [0.29, 0.717) is 22.4 Å². The van der Waals surface area contributed by atoms with Crippen molar-refractivity contribution in [1.82, 2.24) is 0 Å². The van der Waals surface area contributed by atoms with Crippen LogP contribution in [-0.2, 0) is 11.0 Å². The zero-order valence-corrected chi connectivity index (χ0v) is 14.8. The zero-order valence-electron chi connectivity index (χ0n) is 14.8. The Bertz CT molecular complexity index is 848. The van der Waals surface area contributed by atoms with Crippen LogP contribution < -0.4 is 4.74 Å². The van der Waals surface area contributed by atoms with Crippen molar-refractivity contribution in [3.63, 3.8) is 0 Å². The van der Waals surface area contributed by atoms with Crippen LogP contribution in [0, 0.1) is 0 Å². The van der Waals surface area contributed by atoms with Crippen LogP contribution in [0.1, 0.15) is 30.5 Å². The minimum atomic E-state index is -4.43. The molecule has 1 N–H and O–H groups in total. The smallest absolute Gasteiger partial charge is 0.416 e. The van der Waals surface area contributed by atoms with Gasteiger partial charge in [0, 0.05) is 11.6 Å². The fraction of sp³-hybridized carbons (Fsp3) is 0.190. The summed E-state index contributed by atoms with van der Waals surface area (Å²) in [5.41, 5.74) is 0.967. The molecule has 2 aromatic carbocycles. The summed E-state index contributed by atoms with van der Waals surface area (Å²) < 4.78 is 44.3. The average molecular weight is 376 g/mol. The average Bonchev–Trinajstić information content (AvgIpc) is 2.58. The summed E-state index contributed by atoms with van der Waals surface area (Å²) >= 11 is 0. The van der Waals surface area contributed by atoms with Crippen LogP contribution in [-0.4, -0.2) is 17.2 Å². The van der Waals surface area contributed by atoms with Crippen molar-refractivity contribution in [3.8, 4) is 5.75 Å². The molecule has 2 aromatic rings. The number of hydrogen-bond donors (Lipinski definition) is 1. The third-order valence-corrected chi connectivity index (χ3v) is 3.56. The Morgan fingerprint density at radius 1 is 1.07 bits per heavy atom. The van der Waals surface area contributed by atoms with E-state index in [2.05, 4.69) is 0 Å². The SMILES string of the molecule is CC(C)Oc1ccccc1/C(=C\C=C\C(=O)O)c1ccc(C(F)(F)F)cc1. The third kappa shape index (κ3) is 5.74. The van der Waals surface area contributed by atoms with E-state index in [-0.39, 0.29) is 6.10 Å². The summed E-state index contributed by atoms with van der Waals surface area (Å²) in [6.45, 7) is 3.73. The molecule has 142 valence electrons. The monoisotopic (exact) mass is 376 g/mol. The number of carbonyl (C=O) groups is 1. The normalized spacial score (nSPS) is 12.6.